The minimum absolute atomic E-state index is 0.0859. The standard InChI is InChI=1S/C12H22F3N3/c1-11(2,3)17-10(18-16)8-5-4-6-9(7-8)12(13,14)15/h8-9H,4-7,16H2,1-3H3,(H,17,18). The maximum absolute atomic E-state index is 12.7. The molecule has 3 nitrogen and oxygen atoms in total. The highest BCUT2D eigenvalue weighted by Gasteiger charge is 2.43. The fourth-order valence-electron chi connectivity index (χ4n) is 2.34. The summed E-state index contributed by atoms with van der Waals surface area (Å²) in [5.41, 5.74) is 2.14. The van der Waals surface area contributed by atoms with Gasteiger partial charge in [-0.2, -0.15) is 13.2 Å². The number of alkyl halides is 3. The lowest BCUT2D eigenvalue weighted by atomic mass is 9.80. The first-order chi connectivity index (χ1) is 8.13. The summed E-state index contributed by atoms with van der Waals surface area (Å²) in [4.78, 5) is 4.38. The third kappa shape index (κ3) is 4.48. The van der Waals surface area contributed by atoms with Crippen LogP contribution < -0.4 is 11.3 Å². The molecule has 0 bridgehead atoms. The van der Waals surface area contributed by atoms with Crippen LogP contribution in [-0.2, 0) is 0 Å². The molecule has 6 heteroatoms. The largest absolute Gasteiger partial charge is 0.391 e. The van der Waals surface area contributed by atoms with Gasteiger partial charge in [0.2, 0.25) is 0 Å². The Hall–Kier alpha value is -0.780. The number of hydrazine groups is 1. The van der Waals surface area contributed by atoms with Crippen molar-refractivity contribution in [3.8, 4) is 0 Å². The highest BCUT2D eigenvalue weighted by atomic mass is 19.4. The molecule has 3 N–H and O–H groups in total. The molecule has 1 aliphatic carbocycles. The second-order valence-corrected chi connectivity index (χ2v) is 5.91. The molecule has 2 unspecified atom stereocenters. The van der Waals surface area contributed by atoms with Gasteiger partial charge in [-0.15, -0.1) is 0 Å². The molecule has 0 spiro atoms. The molecule has 0 radical (unpaired) electrons. The van der Waals surface area contributed by atoms with E-state index in [-0.39, 0.29) is 24.3 Å². The number of nitrogens with zero attached hydrogens (tertiary/aromatic N) is 1. The Bertz CT molecular complexity index is 305. The second kappa shape index (κ2) is 5.47. The van der Waals surface area contributed by atoms with Gasteiger partial charge in [0.05, 0.1) is 11.5 Å². The number of hydrogen-bond donors (Lipinski definition) is 2. The summed E-state index contributed by atoms with van der Waals surface area (Å²) < 4.78 is 38.2. The summed E-state index contributed by atoms with van der Waals surface area (Å²) in [7, 11) is 0. The molecule has 2 atom stereocenters. The van der Waals surface area contributed by atoms with Crippen molar-refractivity contribution in [2.45, 2.75) is 58.2 Å². The fraction of sp³-hybridized carbons (Fsp3) is 0.917. The van der Waals surface area contributed by atoms with E-state index in [1.165, 1.54) is 0 Å². The molecule has 1 saturated carbocycles. The highest BCUT2D eigenvalue weighted by molar-refractivity contribution is 5.84. The fourth-order valence-corrected chi connectivity index (χ4v) is 2.34. The molecule has 0 aromatic rings. The van der Waals surface area contributed by atoms with Crippen molar-refractivity contribution < 1.29 is 13.2 Å². The number of hydrogen-bond acceptors (Lipinski definition) is 2. The maximum atomic E-state index is 12.7. The van der Waals surface area contributed by atoms with E-state index in [9.17, 15) is 13.2 Å². The summed E-state index contributed by atoms with van der Waals surface area (Å²) in [6, 6.07) is 0. The normalized spacial score (nSPS) is 27.2. The maximum Gasteiger partial charge on any atom is 0.391 e. The van der Waals surface area contributed by atoms with E-state index < -0.39 is 12.1 Å². The number of amidine groups is 1. The van der Waals surface area contributed by atoms with Gasteiger partial charge in [-0.05, 0) is 40.0 Å². The van der Waals surface area contributed by atoms with Gasteiger partial charge < -0.3 is 5.43 Å². The van der Waals surface area contributed by atoms with Gasteiger partial charge >= 0.3 is 6.18 Å². The van der Waals surface area contributed by atoms with E-state index in [2.05, 4.69) is 10.4 Å². The van der Waals surface area contributed by atoms with Gasteiger partial charge in [0.1, 0.15) is 5.84 Å². The van der Waals surface area contributed by atoms with E-state index in [0.717, 1.165) is 0 Å². The average molecular weight is 265 g/mol. The summed E-state index contributed by atoms with van der Waals surface area (Å²) in [6.45, 7) is 5.69. The quantitative estimate of drug-likeness (QED) is 0.331. The van der Waals surface area contributed by atoms with Crippen molar-refractivity contribution in [2.75, 3.05) is 0 Å². The predicted molar refractivity (Wildman–Crippen MR) is 66.0 cm³/mol. The average Bonchev–Trinajstić information content (AvgIpc) is 2.23. The first-order valence-corrected chi connectivity index (χ1v) is 6.26. The van der Waals surface area contributed by atoms with E-state index >= 15 is 0 Å². The van der Waals surface area contributed by atoms with Crippen LogP contribution in [0.15, 0.2) is 4.99 Å². The summed E-state index contributed by atoms with van der Waals surface area (Å²) in [5.74, 6) is 4.46. The molecule has 1 rings (SSSR count). The van der Waals surface area contributed by atoms with Crippen LogP contribution >= 0.6 is 0 Å². The molecule has 0 aliphatic heterocycles. The summed E-state index contributed by atoms with van der Waals surface area (Å²) in [5, 5.41) is 0. The molecule has 0 aromatic heterocycles. The molecule has 1 fully saturated rings. The number of aliphatic imine (C=N–C) groups is 1. The molecular formula is C12H22F3N3. The third-order valence-electron chi connectivity index (χ3n) is 3.13. The van der Waals surface area contributed by atoms with Crippen molar-refractivity contribution in [1.82, 2.24) is 5.43 Å². The van der Waals surface area contributed by atoms with E-state index in [1.54, 1.807) is 0 Å². The number of rotatable bonds is 1. The Morgan fingerprint density at radius 2 is 1.83 bits per heavy atom. The Labute approximate surface area is 106 Å². The Morgan fingerprint density at radius 3 is 2.28 bits per heavy atom. The molecule has 106 valence electrons. The van der Waals surface area contributed by atoms with E-state index in [1.807, 2.05) is 20.8 Å². The summed E-state index contributed by atoms with van der Waals surface area (Å²) >= 11 is 0. The Balaban J connectivity index is 2.79. The van der Waals surface area contributed by atoms with Gasteiger partial charge in [-0.1, -0.05) is 6.42 Å². The van der Waals surface area contributed by atoms with Crippen LogP contribution in [0.1, 0.15) is 46.5 Å². The lowest BCUT2D eigenvalue weighted by molar-refractivity contribution is -0.183. The van der Waals surface area contributed by atoms with Crippen molar-refractivity contribution >= 4 is 5.84 Å². The van der Waals surface area contributed by atoms with Crippen molar-refractivity contribution in [3.63, 3.8) is 0 Å². The van der Waals surface area contributed by atoms with Crippen LogP contribution in [0, 0.1) is 11.8 Å². The van der Waals surface area contributed by atoms with Crippen molar-refractivity contribution in [3.05, 3.63) is 0 Å². The first-order valence-electron chi connectivity index (χ1n) is 6.26. The van der Waals surface area contributed by atoms with Crippen LogP contribution in [0.4, 0.5) is 13.2 Å². The molecule has 0 heterocycles. The van der Waals surface area contributed by atoms with Crippen molar-refractivity contribution in [1.29, 1.82) is 0 Å². The zero-order valence-corrected chi connectivity index (χ0v) is 11.1. The van der Waals surface area contributed by atoms with Crippen LogP contribution in [0.2, 0.25) is 0 Å². The molecule has 0 amide bonds. The topological polar surface area (TPSA) is 50.4 Å². The molecule has 0 saturated heterocycles. The van der Waals surface area contributed by atoms with E-state index in [0.29, 0.717) is 18.7 Å². The molecule has 1 aliphatic rings. The van der Waals surface area contributed by atoms with E-state index in [4.69, 9.17) is 5.84 Å². The first kappa shape index (κ1) is 15.3. The number of nitrogens with two attached hydrogens (primary N) is 1. The Morgan fingerprint density at radius 1 is 1.22 bits per heavy atom. The zero-order chi connectivity index (χ0) is 14.0. The van der Waals surface area contributed by atoms with Gasteiger partial charge in [-0.25, -0.2) is 5.84 Å². The summed E-state index contributed by atoms with van der Waals surface area (Å²) in [6.07, 6.45) is -2.53. The van der Waals surface area contributed by atoms with Crippen LogP contribution in [-0.4, -0.2) is 17.6 Å². The SMILES string of the molecule is CC(C)(C)N=C(NN)C1CCCC(C(F)(F)F)C1. The Kier molecular flexibility index (Phi) is 4.64. The minimum Gasteiger partial charge on any atom is -0.312 e. The molecular weight excluding hydrogens is 243 g/mol. The predicted octanol–water partition coefficient (Wildman–Crippen LogP) is 3.02. The van der Waals surface area contributed by atoms with Gasteiger partial charge in [-0.3, -0.25) is 4.99 Å². The van der Waals surface area contributed by atoms with Crippen LogP contribution in [0.3, 0.4) is 0 Å². The van der Waals surface area contributed by atoms with Crippen LogP contribution in [0.25, 0.3) is 0 Å². The smallest absolute Gasteiger partial charge is 0.312 e. The van der Waals surface area contributed by atoms with Gasteiger partial charge in [0, 0.05) is 5.92 Å². The number of nitrogens with one attached hydrogen (secondary N) is 1. The lowest BCUT2D eigenvalue weighted by Gasteiger charge is -2.32. The van der Waals surface area contributed by atoms with Crippen LogP contribution in [0.5, 0.6) is 0 Å². The van der Waals surface area contributed by atoms with Gasteiger partial charge in [0.15, 0.2) is 0 Å². The molecule has 18 heavy (non-hydrogen) atoms. The van der Waals surface area contributed by atoms with Gasteiger partial charge in [0.25, 0.3) is 0 Å². The zero-order valence-electron chi connectivity index (χ0n) is 11.1. The highest BCUT2D eigenvalue weighted by Crippen LogP contribution is 2.40. The molecule has 0 aromatic carbocycles. The van der Waals surface area contributed by atoms with Crippen molar-refractivity contribution in [2.24, 2.45) is 22.7 Å². The minimum atomic E-state index is -4.11. The third-order valence-corrected chi connectivity index (χ3v) is 3.13. The number of halogens is 3. The second-order valence-electron chi connectivity index (χ2n) is 5.91. The lowest BCUT2D eigenvalue weighted by Crippen LogP contribution is -2.41. The monoisotopic (exact) mass is 265 g/mol.